The highest BCUT2D eigenvalue weighted by Crippen LogP contribution is 2.21. The van der Waals surface area contributed by atoms with Gasteiger partial charge in [-0.1, -0.05) is 103 Å². The van der Waals surface area contributed by atoms with Gasteiger partial charge in [-0.25, -0.2) is 4.79 Å². The average molecular weight is 871 g/mol. The van der Waals surface area contributed by atoms with E-state index in [4.69, 9.17) is 0 Å². The molecule has 2 aliphatic rings. The lowest BCUT2D eigenvalue weighted by atomic mass is 9.99. The van der Waals surface area contributed by atoms with E-state index in [1.165, 1.54) is 25.3 Å². The second-order valence-electron chi connectivity index (χ2n) is 15.5. The quantitative estimate of drug-likeness (QED) is 0.112. The molecule has 0 saturated carbocycles. The van der Waals surface area contributed by atoms with Gasteiger partial charge in [-0.05, 0) is 58.3 Å². The number of carboxylic acids is 1. The number of aliphatic carboxylic acids is 1. The largest absolute Gasteiger partial charge is 0.480 e. The van der Waals surface area contributed by atoms with E-state index in [1.54, 1.807) is 48.5 Å². The highest BCUT2D eigenvalue weighted by molar-refractivity contribution is 7.09. The first-order chi connectivity index (χ1) is 30.3. The number of carbonyl (C=O) groups excluding carboxylic acids is 6. The molecule has 5 unspecified atom stereocenters. The molecule has 15 heteroatoms. The molecule has 326 valence electrons. The van der Waals surface area contributed by atoms with Crippen LogP contribution in [-0.2, 0) is 59.2 Å². The number of anilines is 1. The third-order valence-corrected chi connectivity index (χ3v) is 11.7. The first-order valence-electron chi connectivity index (χ1n) is 20.6. The monoisotopic (exact) mass is 870 g/mol. The SMILES string of the molecule is CC(C(=O)O)N(C)C(=O)C1Cc2ccc(cc2)NC(=O)CCC(=O)NC(Cc2cccs2)C(=O)NC(Cc2ccc(-c3ccccc3)cc2)C(=O)NC(Cc2ccccc2)C(=O)N1. The molecule has 14 nitrogen and oxygen atoms in total. The molecule has 0 radical (unpaired) electrons. The Balaban J connectivity index is 1.38. The van der Waals surface area contributed by atoms with Crippen molar-refractivity contribution in [1.82, 2.24) is 26.2 Å². The van der Waals surface area contributed by atoms with Crippen LogP contribution in [0.4, 0.5) is 5.69 Å². The number of benzene rings is 4. The van der Waals surface area contributed by atoms with Crippen molar-refractivity contribution < 1.29 is 38.7 Å². The fourth-order valence-corrected chi connectivity index (χ4v) is 7.86. The van der Waals surface area contributed by atoms with Gasteiger partial charge in [0.05, 0.1) is 0 Å². The van der Waals surface area contributed by atoms with Crippen molar-refractivity contribution in [2.24, 2.45) is 0 Å². The van der Waals surface area contributed by atoms with Gasteiger partial charge in [-0.15, -0.1) is 11.3 Å². The number of rotatable bonds is 10. The summed E-state index contributed by atoms with van der Waals surface area (Å²) in [5.74, 6) is -5.01. The number of fused-ring (bicyclic) bond motifs is 18. The van der Waals surface area contributed by atoms with Gasteiger partial charge >= 0.3 is 5.97 Å². The van der Waals surface area contributed by atoms with E-state index in [0.29, 0.717) is 22.4 Å². The predicted octanol–water partition coefficient (Wildman–Crippen LogP) is 4.29. The van der Waals surface area contributed by atoms with Crippen LogP contribution in [0.2, 0.25) is 0 Å². The Hall–Kier alpha value is -7.13. The van der Waals surface area contributed by atoms with Crippen molar-refractivity contribution >= 4 is 58.4 Å². The zero-order valence-electron chi connectivity index (χ0n) is 34.9. The molecule has 0 spiro atoms. The van der Waals surface area contributed by atoms with E-state index in [2.05, 4.69) is 26.6 Å². The first-order valence-corrected chi connectivity index (χ1v) is 21.5. The number of nitrogens with zero attached hydrogens (tertiary/aromatic N) is 1. The van der Waals surface area contributed by atoms with Crippen LogP contribution < -0.4 is 26.6 Å². The fourth-order valence-electron chi connectivity index (χ4n) is 7.10. The minimum atomic E-state index is -1.28. The molecule has 0 aliphatic carbocycles. The third kappa shape index (κ3) is 12.9. The number of amides is 6. The molecule has 0 saturated heterocycles. The summed E-state index contributed by atoms with van der Waals surface area (Å²) < 4.78 is 0. The van der Waals surface area contributed by atoms with E-state index in [1.807, 2.05) is 78.2 Å². The topological polar surface area (TPSA) is 203 Å². The molecule has 0 fully saturated rings. The van der Waals surface area contributed by atoms with Gasteiger partial charge in [0.1, 0.15) is 30.2 Å². The third-order valence-electron chi connectivity index (χ3n) is 10.8. The second-order valence-corrected chi connectivity index (χ2v) is 16.5. The van der Waals surface area contributed by atoms with E-state index in [-0.39, 0.29) is 38.5 Å². The molecule has 2 bridgehead atoms. The number of likely N-dealkylation sites (N-methyl/N-ethyl adjacent to an activating group) is 1. The van der Waals surface area contributed by atoms with Gasteiger partial charge in [-0.2, -0.15) is 0 Å². The van der Waals surface area contributed by atoms with Crippen LogP contribution in [0.3, 0.4) is 0 Å². The molecule has 2 aliphatic heterocycles. The number of carbonyl (C=O) groups is 7. The van der Waals surface area contributed by atoms with Crippen molar-refractivity contribution in [3.8, 4) is 11.1 Å². The summed E-state index contributed by atoms with van der Waals surface area (Å²) in [6, 6.07) is 30.2. The van der Waals surface area contributed by atoms with Crippen molar-refractivity contribution in [2.45, 2.75) is 75.7 Å². The molecule has 7 rings (SSSR count). The first kappa shape index (κ1) is 45.4. The maximum absolute atomic E-state index is 14.6. The molecule has 6 amide bonds. The summed E-state index contributed by atoms with van der Waals surface area (Å²) in [6.45, 7) is 1.35. The van der Waals surface area contributed by atoms with Gasteiger partial charge in [0.15, 0.2) is 0 Å². The van der Waals surface area contributed by atoms with Gasteiger partial charge < -0.3 is 36.6 Å². The van der Waals surface area contributed by atoms with Crippen molar-refractivity contribution in [1.29, 1.82) is 0 Å². The lowest BCUT2D eigenvalue weighted by Crippen LogP contribution is -2.60. The predicted molar refractivity (Wildman–Crippen MR) is 239 cm³/mol. The molecule has 5 aromatic rings. The second kappa shape index (κ2) is 21.6. The smallest absolute Gasteiger partial charge is 0.326 e. The summed E-state index contributed by atoms with van der Waals surface area (Å²) in [5, 5.41) is 25.6. The standard InChI is InChI=1S/C48H50N6O8S/c1-30(48(61)62)54(2)47(60)41-28-33-17-21-36(22-18-33)49-42(55)23-24-43(56)50-40(29-37-14-9-25-63-37)46(59)52-39(27-32-15-19-35(20-16-32)34-12-7-4-8-13-34)44(57)51-38(45(58)53-41)26-31-10-5-3-6-11-31/h3-22,25,30,38-41H,23-24,26-29H2,1-2H3,(H,49,55)(H,50,56)(H,51,57)(H,52,59)(H,53,58)(H,61,62). The van der Waals surface area contributed by atoms with Gasteiger partial charge in [-0.3, -0.25) is 28.8 Å². The van der Waals surface area contributed by atoms with Crippen molar-refractivity contribution in [3.05, 3.63) is 148 Å². The van der Waals surface area contributed by atoms with E-state index < -0.39 is 71.6 Å². The maximum atomic E-state index is 14.6. The van der Waals surface area contributed by atoms with Crippen LogP contribution in [0.25, 0.3) is 11.1 Å². The van der Waals surface area contributed by atoms with Gasteiger partial charge in [0.25, 0.3) is 0 Å². The number of hydrogen-bond donors (Lipinski definition) is 6. The molecule has 5 atom stereocenters. The summed E-state index contributed by atoms with van der Waals surface area (Å²) in [6.07, 6.45) is -0.372. The van der Waals surface area contributed by atoms with Crippen LogP contribution >= 0.6 is 11.3 Å². The zero-order valence-corrected chi connectivity index (χ0v) is 35.7. The lowest BCUT2D eigenvalue weighted by Gasteiger charge is -2.29. The Morgan fingerprint density at radius 1 is 0.635 bits per heavy atom. The van der Waals surface area contributed by atoms with Crippen LogP contribution in [0, 0.1) is 0 Å². The maximum Gasteiger partial charge on any atom is 0.326 e. The Labute approximate surface area is 369 Å². The van der Waals surface area contributed by atoms with Crippen molar-refractivity contribution in [3.63, 3.8) is 0 Å². The lowest BCUT2D eigenvalue weighted by molar-refractivity contribution is -0.149. The average Bonchev–Trinajstić information content (AvgIpc) is 3.81. The van der Waals surface area contributed by atoms with Gasteiger partial charge in [0.2, 0.25) is 35.4 Å². The Kier molecular flexibility index (Phi) is 15.6. The Morgan fingerprint density at radius 2 is 1.17 bits per heavy atom. The van der Waals surface area contributed by atoms with Crippen molar-refractivity contribution in [2.75, 3.05) is 12.4 Å². The summed E-state index contributed by atoms with van der Waals surface area (Å²) in [5.41, 5.74) is 4.31. The summed E-state index contributed by atoms with van der Waals surface area (Å²) in [7, 11) is 1.33. The molecule has 6 N–H and O–H groups in total. The highest BCUT2D eigenvalue weighted by Gasteiger charge is 2.34. The number of carboxylic acid groups (broad SMARTS) is 1. The van der Waals surface area contributed by atoms with Gasteiger partial charge in [0, 0.05) is 56.1 Å². The fraction of sp³-hybridized carbons (Fsp3) is 0.271. The van der Waals surface area contributed by atoms with E-state index >= 15 is 0 Å². The highest BCUT2D eigenvalue weighted by atomic mass is 32.1. The molecule has 4 aromatic carbocycles. The number of thiophene rings is 1. The van der Waals surface area contributed by atoms with Crippen LogP contribution in [0.1, 0.15) is 41.3 Å². The normalized spacial score (nSPS) is 19.6. The summed E-state index contributed by atoms with van der Waals surface area (Å²) in [4.78, 5) is 97.5. The van der Waals surface area contributed by atoms with Crippen LogP contribution in [0.5, 0.6) is 0 Å². The van der Waals surface area contributed by atoms with E-state index in [0.717, 1.165) is 20.9 Å². The summed E-state index contributed by atoms with van der Waals surface area (Å²) >= 11 is 1.40. The Morgan fingerprint density at radius 3 is 1.76 bits per heavy atom. The van der Waals surface area contributed by atoms with E-state index in [9.17, 15) is 38.7 Å². The Bertz CT molecular complexity index is 2380. The molecule has 63 heavy (non-hydrogen) atoms. The minimum absolute atomic E-state index is 0.000956. The molecular weight excluding hydrogens is 821 g/mol. The number of nitrogens with one attached hydrogen (secondary N) is 5. The van der Waals surface area contributed by atoms with Crippen LogP contribution in [0.15, 0.2) is 127 Å². The zero-order chi connectivity index (χ0) is 44.9. The minimum Gasteiger partial charge on any atom is -0.480 e. The molecular formula is C48H50N6O8S. The number of hydrogen-bond acceptors (Lipinski definition) is 8. The molecule has 1 aromatic heterocycles. The molecule has 3 heterocycles. The van der Waals surface area contributed by atoms with Crippen LogP contribution in [-0.4, -0.2) is 88.7 Å².